The van der Waals surface area contributed by atoms with Gasteiger partial charge in [0.1, 0.15) is 4.75 Å². The van der Waals surface area contributed by atoms with Crippen LogP contribution in [-0.4, -0.2) is 27.3 Å². The Kier molecular flexibility index (Phi) is 6.76. The second-order valence-electron chi connectivity index (χ2n) is 6.48. The van der Waals surface area contributed by atoms with Crippen LogP contribution in [0.25, 0.3) is 0 Å². The molecular weight excluding hydrogens is 332 g/mol. The third kappa shape index (κ3) is 4.93. The van der Waals surface area contributed by atoms with E-state index in [-0.39, 0.29) is 12.1 Å². The van der Waals surface area contributed by atoms with Crippen molar-refractivity contribution in [1.29, 1.82) is 0 Å². The smallest absolute Gasteiger partial charge is 0.307 e. The summed E-state index contributed by atoms with van der Waals surface area (Å²) in [5, 5.41) is 11.1. The molecule has 0 saturated carbocycles. The number of rotatable bonds is 7. The van der Waals surface area contributed by atoms with Crippen molar-refractivity contribution >= 4 is 23.0 Å². The molecular formula is C16H24N2O5S. The molecule has 0 spiro atoms. The molecule has 2 atom stereocenters. The van der Waals surface area contributed by atoms with Gasteiger partial charge in [-0.15, -0.1) is 4.72 Å². The molecule has 24 heavy (non-hydrogen) atoms. The van der Waals surface area contributed by atoms with Gasteiger partial charge in [-0.25, -0.2) is 0 Å². The van der Waals surface area contributed by atoms with E-state index in [0.29, 0.717) is 12.0 Å². The number of carbonyl (C=O) groups excluding carboxylic acids is 1. The number of nitrogens with zero attached hydrogens (tertiary/aromatic N) is 1. The first-order chi connectivity index (χ1) is 11.1. The molecule has 0 bridgehead atoms. The minimum absolute atomic E-state index is 0.0804. The number of non-ortho nitro benzene ring substituents is 1. The zero-order chi connectivity index (χ0) is 18.5. The highest BCUT2D eigenvalue weighted by Gasteiger charge is 2.42. The molecule has 134 valence electrons. The van der Waals surface area contributed by atoms with E-state index >= 15 is 0 Å². The number of benzene rings is 1. The predicted octanol–water partition coefficient (Wildman–Crippen LogP) is 2.82. The number of methoxy groups -OCH3 is 1. The Morgan fingerprint density at radius 3 is 2.46 bits per heavy atom. The van der Waals surface area contributed by atoms with Gasteiger partial charge in [0.25, 0.3) is 5.69 Å². The number of hydrogen-bond donors (Lipinski definition) is 1. The summed E-state index contributed by atoms with van der Waals surface area (Å²) in [6.45, 7) is 7.25. The van der Waals surface area contributed by atoms with Gasteiger partial charge in [-0.1, -0.05) is 19.1 Å². The summed E-state index contributed by atoms with van der Waals surface area (Å²) in [5.41, 5.74) is -0.571. The molecule has 0 radical (unpaired) electrons. The second kappa shape index (κ2) is 7.96. The Bertz CT molecular complexity index is 602. The van der Waals surface area contributed by atoms with Gasteiger partial charge in [-0.3, -0.25) is 14.9 Å². The number of nitrogens with one attached hydrogen (secondary N) is 1. The largest absolute Gasteiger partial charge is 0.598 e. The van der Waals surface area contributed by atoms with Gasteiger partial charge in [0.15, 0.2) is 0 Å². The number of ether oxygens (including phenoxy) is 1. The summed E-state index contributed by atoms with van der Waals surface area (Å²) >= 11 is -1.47. The average molecular weight is 356 g/mol. The van der Waals surface area contributed by atoms with Crippen LogP contribution >= 0.6 is 0 Å². The molecule has 1 rings (SSSR count). The third-order valence-electron chi connectivity index (χ3n) is 3.73. The van der Waals surface area contributed by atoms with Crippen LogP contribution < -0.4 is 4.72 Å². The van der Waals surface area contributed by atoms with Crippen molar-refractivity contribution in [3.8, 4) is 0 Å². The van der Waals surface area contributed by atoms with Crippen LogP contribution in [0.3, 0.4) is 0 Å². The Labute approximate surface area is 145 Å². The lowest BCUT2D eigenvalue weighted by Crippen LogP contribution is -2.52. The van der Waals surface area contributed by atoms with Gasteiger partial charge < -0.3 is 9.29 Å². The quantitative estimate of drug-likeness (QED) is 0.349. The van der Waals surface area contributed by atoms with Crippen molar-refractivity contribution < 1.29 is 19.0 Å². The summed E-state index contributed by atoms with van der Waals surface area (Å²) in [6, 6.07) is 6.02. The molecule has 0 fully saturated rings. The van der Waals surface area contributed by atoms with E-state index in [0.717, 1.165) is 0 Å². The molecule has 1 N–H and O–H groups in total. The highest BCUT2D eigenvalue weighted by Crippen LogP contribution is 2.34. The van der Waals surface area contributed by atoms with Gasteiger partial charge in [-0.2, -0.15) is 0 Å². The minimum atomic E-state index is -1.47. The zero-order valence-corrected chi connectivity index (χ0v) is 15.4. The fourth-order valence-corrected chi connectivity index (χ4v) is 3.16. The normalized spacial score (nSPS) is 15.4. The van der Waals surface area contributed by atoms with Gasteiger partial charge in [-0.05, 0) is 32.8 Å². The highest BCUT2D eigenvalue weighted by atomic mass is 32.2. The molecule has 1 aromatic rings. The van der Waals surface area contributed by atoms with Crippen LogP contribution in [0, 0.1) is 10.1 Å². The van der Waals surface area contributed by atoms with E-state index in [1.165, 1.54) is 19.2 Å². The lowest BCUT2D eigenvalue weighted by molar-refractivity contribution is -0.385. The predicted molar refractivity (Wildman–Crippen MR) is 92.7 cm³/mol. The minimum Gasteiger partial charge on any atom is -0.598 e. The number of esters is 1. The first-order valence-electron chi connectivity index (χ1n) is 7.57. The molecule has 0 amide bonds. The fraction of sp³-hybridized carbons (Fsp3) is 0.562. The van der Waals surface area contributed by atoms with Crippen LogP contribution in [0.5, 0.6) is 0 Å². The van der Waals surface area contributed by atoms with E-state index in [4.69, 9.17) is 4.74 Å². The van der Waals surface area contributed by atoms with Crippen molar-refractivity contribution in [2.45, 2.75) is 50.8 Å². The maximum absolute atomic E-state index is 12.6. The standard InChI is InChI=1S/C16H24N2O5S/c1-6-16(11-14(19)23-5,17-24(22)15(2,3)4)12-8-7-9-13(10-12)18(20)21/h7-10,17H,6,11H2,1-5H3/t16?,24-/m1/s1. The maximum atomic E-state index is 12.6. The van der Waals surface area contributed by atoms with Crippen LogP contribution in [0.4, 0.5) is 5.69 Å². The summed E-state index contributed by atoms with van der Waals surface area (Å²) in [5.74, 6) is -0.484. The summed E-state index contributed by atoms with van der Waals surface area (Å²) < 4.78 is 19.8. The Morgan fingerprint density at radius 2 is 2.00 bits per heavy atom. The summed E-state index contributed by atoms with van der Waals surface area (Å²) in [7, 11) is 1.27. The van der Waals surface area contributed by atoms with Crippen LogP contribution in [0.2, 0.25) is 0 Å². The van der Waals surface area contributed by atoms with Crippen LogP contribution in [0.15, 0.2) is 24.3 Å². The van der Waals surface area contributed by atoms with E-state index in [2.05, 4.69) is 4.72 Å². The summed E-state index contributed by atoms with van der Waals surface area (Å²) in [6.07, 6.45) is 0.327. The van der Waals surface area contributed by atoms with Gasteiger partial charge >= 0.3 is 5.97 Å². The topological polar surface area (TPSA) is 105 Å². The number of nitro benzene ring substituents is 1. The first kappa shape index (κ1) is 20.4. The SMILES string of the molecule is CCC(CC(=O)OC)(N[S@+]([O-])C(C)(C)C)c1cccc([N+](=O)[O-])c1. The number of hydrogen-bond acceptors (Lipinski definition) is 6. The van der Waals surface area contributed by atoms with E-state index in [1.807, 2.05) is 27.7 Å². The van der Waals surface area contributed by atoms with E-state index < -0.39 is 32.5 Å². The molecule has 0 aromatic heterocycles. The Hall–Kier alpha value is -1.64. The van der Waals surface area contributed by atoms with Gasteiger partial charge in [0, 0.05) is 23.5 Å². The van der Waals surface area contributed by atoms with Crippen molar-refractivity contribution in [1.82, 2.24) is 4.72 Å². The molecule has 0 aliphatic heterocycles. The lowest BCUT2D eigenvalue weighted by atomic mass is 9.85. The molecule has 0 aliphatic rings. The molecule has 8 heteroatoms. The van der Waals surface area contributed by atoms with Crippen molar-refractivity contribution in [3.05, 3.63) is 39.9 Å². The first-order valence-corrected chi connectivity index (χ1v) is 8.72. The zero-order valence-electron chi connectivity index (χ0n) is 14.6. The molecule has 1 unspecified atom stereocenters. The fourth-order valence-electron chi connectivity index (χ4n) is 2.16. The molecule has 0 aliphatic carbocycles. The van der Waals surface area contributed by atoms with Crippen molar-refractivity contribution in [2.75, 3.05) is 7.11 Å². The molecule has 0 heterocycles. The Morgan fingerprint density at radius 1 is 1.38 bits per heavy atom. The van der Waals surface area contributed by atoms with E-state index in [9.17, 15) is 19.5 Å². The van der Waals surface area contributed by atoms with Crippen LogP contribution in [-0.2, 0) is 26.4 Å². The monoisotopic (exact) mass is 356 g/mol. The van der Waals surface area contributed by atoms with Crippen LogP contribution in [0.1, 0.15) is 46.1 Å². The van der Waals surface area contributed by atoms with Crippen molar-refractivity contribution in [2.24, 2.45) is 0 Å². The van der Waals surface area contributed by atoms with Gasteiger partial charge in [0.2, 0.25) is 0 Å². The lowest BCUT2D eigenvalue weighted by Gasteiger charge is -2.36. The van der Waals surface area contributed by atoms with E-state index in [1.54, 1.807) is 12.1 Å². The summed E-state index contributed by atoms with van der Waals surface area (Å²) in [4.78, 5) is 22.5. The number of nitro groups is 1. The van der Waals surface area contributed by atoms with Gasteiger partial charge in [0.05, 0.1) is 24.0 Å². The highest BCUT2D eigenvalue weighted by molar-refractivity contribution is 7.90. The molecule has 1 aromatic carbocycles. The molecule has 0 saturated heterocycles. The molecule has 7 nitrogen and oxygen atoms in total. The third-order valence-corrected chi connectivity index (χ3v) is 5.42. The average Bonchev–Trinajstić information content (AvgIpc) is 2.53. The second-order valence-corrected chi connectivity index (χ2v) is 8.45. The maximum Gasteiger partial charge on any atom is 0.307 e. The van der Waals surface area contributed by atoms with Crippen molar-refractivity contribution in [3.63, 3.8) is 0 Å². The Balaban J connectivity index is 3.37. The number of carbonyl (C=O) groups is 1.